The molecule has 0 aromatic carbocycles. The van der Waals surface area contributed by atoms with Crippen LogP contribution >= 0.6 is 0 Å². The largest absolute Gasteiger partial charge is 0.481 e. The van der Waals surface area contributed by atoms with Gasteiger partial charge >= 0.3 is 5.97 Å². The molecule has 0 spiro atoms. The Kier molecular flexibility index (Phi) is 16.0. The molecule has 23 heavy (non-hydrogen) atoms. The normalized spacial score (nSPS) is 12.7. The SMILES string of the molecule is CCCCCCCC(CCCCCCCCCC(C)C)C(=O)O. The summed E-state index contributed by atoms with van der Waals surface area (Å²) in [6.07, 6.45) is 18.2. The van der Waals surface area contributed by atoms with Gasteiger partial charge in [-0.1, -0.05) is 104 Å². The molecule has 0 saturated carbocycles. The van der Waals surface area contributed by atoms with Gasteiger partial charge in [0, 0.05) is 0 Å². The first-order chi connectivity index (χ1) is 11.1. The lowest BCUT2D eigenvalue weighted by molar-refractivity contribution is -0.142. The fourth-order valence-electron chi connectivity index (χ4n) is 3.21. The zero-order valence-electron chi connectivity index (χ0n) is 16.1. The van der Waals surface area contributed by atoms with Gasteiger partial charge in [0.05, 0.1) is 5.92 Å². The summed E-state index contributed by atoms with van der Waals surface area (Å²) in [7, 11) is 0. The lowest BCUT2D eigenvalue weighted by Gasteiger charge is -2.12. The summed E-state index contributed by atoms with van der Waals surface area (Å²) in [5.74, 6) is 0.168. The highest BCUT2D eigenvalue weighted by Crippen LogP contribution is 2.19. The van der Waals surface area contributed by atoms with Crippen LogP contribution < -0.4 is 0 Å². The highest BCUT2D eigenvalue weighted by molar-refractivity contribution is 5.69. The van der Waals surface area contributed by atoms with Gasteiger partial charge < -0.3 is 5.11 Å². The lowest BCUT2D eigenvalue weighted by Crippen LogP contribution is -2.13. The molecule has 0 amide bonds. The number of aliphatic carboxylic acids is 1. The predicted molar refractivity (Wildman–Crippen MR) is 101 cm³/mol. The molecule has 0 heterocycles. The third-order valence-corrected chi connectivity index (χ3v) is 4.84. The summed E-state index contributed by atoms with van der Waals surface area (Å²) >= 11 is 0. The van der Waals surface area contributed by atoms with Crippen molar-refractivity contribution in [3.8, 4) is 0 Å². The summed E-state index contributed by atoms with van der Waals surface area (Å²) in [6, 6.07) is 0. The van der Waals surface area contributed by atoms with E-state index in [0.717, 1.165) is 31.6 Å². The monoisotopic (exact) mass is 326 g/mol. The Morgan fingerprint density at radius 1 is 0.696 bits per heavy atom. The van der Waals surface area contributed by atoms with Gasteiger partial charge in [-0.05, 0) is 18.8 Å². The van der Waals surface area contributed by atoms with Crippen LogP contribution in [0, 0.1) is 11.8 Å². The van der Waals surface area contributed by atoms with E-state index in [1.165, 1.54) is 70.6 Å². The fourth-order valence-corrected chi connectivity index (χ4v) is 3.21. The minimum atomic E-state index is -0.575. The first-order valence-electron chi connectivity index (χ1n) is 10.3. The number of carboxylic acids is 1. The van der Waals surface area contributed by atoms with E-state index >= 15 is 0 Å². The van der Waals surface area contributed by atoms with Crippen molar-refractivity contribution >= 4 is 5.97 Å². The summed E-state index contributed by atoms with van der Waals surface area (Å²) in [4.78, 5) is 11.3. The van der Waals surface area contributed by atoms with Crippen molar-refractivity contribution in [2.24, 2.45) is 11.8 Å². The molecule has 1 unspecified atom stereocenters. The molecule has 2 heteroatoms. The van der Waals surface area contributed by atoms with Gasteiger partial charge in [-0.15, -0.1) is 0 Å². The number of carbonyl (C=O) groups is 1. The van der Waals surface area contributed by atoms with Crippen LogP contribution in [0.25, 0.3) is 0 Å². The van der Waals surface area contributed by atoms with Gasteiger partial charge in [0.1, 0.15) is 0 Å². The fraction of sp³-hybridized carbons (Fsp3) is 0.952. The van der Waals surface area contributed by atoms with E-state index in [2.05, 4.69) is 20.8 Å². The highest BCUT2D eigenvalue weighted by Gasteiger charge is 2.16. The van der Waals surface area contributed by atoms with Crippen LogP contribution in [-0.4, -0.2) is 11.1 Å². The van der Waals surface area contributed by atoms with Crippen LogP contribution in [-0.2, 0) is 4.79 Å². The van der Waals surface area contributed by atoms with E-state index in [4.69, 9.17) is 0 Å². The predicted octanol–water partition coefficient (Wildman–Crippen LogP) is 7.21. The van der Waals surface area contributed by atoms with E-state index in [0.29, 0.717) is 0 Å². The molecule has 138 valence electrons. The first kappa shape index (κ1) is 22.5. The van der Waals surface area contributed by atoms with Crippen molar-refractivity contribution in [2.75, 3.05) is 0 Å². The van der Waals surface area contributed by atoms with E-state index in [9.17, 15) is 9.90 Å². The topological polar surface area (TPSA) is 37.3 Å². The molecule has 0 aliphatic heterocycles. The maximum absolute atomic E-state index is 11.3. The van der Waals surface area contributed by atoms with Crippen molar-refractivity contribution in [3.05, 3.63) is 0 Å². The van der Waals surface area contributed by atoms with Gasteiger partial charge in [-0.3, -0.25) is 4.79 Å². The maximum Gasteiger partial charge on any atom is 0.306 e. The molecule has 0 rings (SSSR count). The number of rotatable bonds is 17. The lowest BCUT2D eigenvalue weighted by atomic mass is 9.94. The van der Waals surface area contributed by atoms with Crippen molar-refractivity contribution < 1.29 is 9.90 Å². The standard InChI is InChI=1S/C21H42O2/c1-4-5-6-10-14-17-20(21(22)23)18-15-12-9-7-8-11-13-16-19(2)3/h19-20H,4-18H2,1-3H3,(H,22,23). The third kappa shape index (κ3) is 16.1. The zero-order chi connectivity index (χ0) is 17.3. The third-order valence-electron chi connectivity index (χ3n) is 4.84. The van der Waals surface area contributed by atoms with Crippen molar-refractivity contribution in [1.29, 1.82) is 0 Å². The number of hydrogen-bond donors (Lipinski definition) is 1. The Bertz CT molecular complexity index is 261. The molecule has 0 aromatic heterocycles. The second-order valence-electron chi connectivity index (χ2n) is 7.68. The molecule has 0 saturated heterocycles. The van der Waals surface area contributed by atoms with Gasteiger partial charge in [0.25, 0.3) is 0 Å². The van der Waals surface area contributed by atoms with E-state index in [1.807, 2.05) is 0 Å². The molecule has 0 aliphatic rings. The Morgan fingerprint density at radius 2 is 1.09 bits per heavy atom. The van der Waals surface area contributed by atoms with Gasteiger partial charge in [0.15, 0.2) is 0 Å². The van der Waals surface area contributed by atoms with Crippen LogP contribution in [0.1, 0.15) is 117 Å². The molecule has 0 aromatic rings. The molecule has 0 bridgehead atoms. The summed E-state index contributed by atoms with van der Waals surface area (Å²) < 4.78 is 0. The highest BCUT2D eigenvalue weighted by atomic mass is 16.4. The van der Waals surface area contributed by atoms with E-state index in [1.54, 1.807) is 0 Å². The Balaban J connectivity index is 3.48. The molecular formula is C21H42O2. The minimum absolute atomic E-state index is 0.0948. The summed E-state index contributed by atoms with van der Waals surface area (Å²) in [5, 5.41) is 9.32. The van der Waals surface area contributed by atoms with Gasteiger partial charge in [0.2, 0.25) is 0 Å². The summed E-state index contributed by atoms with van der Waals surface area (Å²) in [5.41, 5.74) is 0. The minimum Gasteiger partial charge on any atom is -0.481 e. The van der Waals surface area contributed by atoms with Crippen LogP contribution in [0.4, 0.5) is 0 Å². The average molecular weight is 327 g/mol. The molecule has 0 aliphatic carbocycles. The smallest absolute Gasteiger partial charge is 0.306 e. The van der Waals surface area contributed by atoms with Crippen molar-refractivity contribution in [2.45, 2.75) is 117 Å². The zero-order valence-corrected chi connectivity index (χ0v) is 16.1. The molecule has 2 nitrogen and oxygen atoms in total. The van der Waals surface area contributed by atoms with Crippen LogP contribution in [0.15, 0.2) is 0 Å². The Hall–Kier alpha value is -0.530. The molecular weight excluding hydrogens is 284 g/mol. The van der Waals surface area contributed by atoms with Crippen LogP contribution in [0.3, 0.4) is 0 Å². The molecule has 1 atom stereocenters. The van der Waals surface area contributed by atoms with Crippen molar-refractivity contribution in [3.63, 3.8) is 0 Å². The molecule has 0 radical (unpaired) electrons. The second kappa shape index (κ2) is 16.3. The van der Waals surface area contributed by atoms with Crippen LogP contribution in [0.5, 0.6) is 0 Å². The number of carboxylic acid groups (broad SMARTS) is 1. The van der Waals surface area contributed by atoms with E-state index in [-0.39, 0.29) is 5.92 Å². The maximum atomic E-state index is 11.3. The van der Waals surface area contributed by atoms with Crippen molar-refractivity contribution in [1.82, 2.24) is 0 Å². The average Bonchev–Trinajstić information content (AvgIpc) is 2.50. The van der Waals surface area contributed by atoms with Gasteiger partial charge in [-0.2, -0.15) is 0 Å². The first-order valence-corrected chi connectivity index (χ1v) is 10.3. The quantitative estimate of drug-likeness (QED) is 0.287. The number of hydrogen-bond acceptors (Lipinski definition) is 1. The molecule has 1 N–H and O–H groups in total. The van der Waals surface area contributed by atoms with Crippen LogP contribution in [0.2, 0.25) is 0 Å². The Morgan fingerprint density at radius 3 is 1.48 bits per heavy atom. The Labute approximate surface area is 145 Å². The van der Waals surface area contributed by atoms with Gasteiger partial charge in [-0.25, -0.2) is 0 Å². The second-order valence-corrected chi connectivity index (χ2v) is 7.68. The summed E-state index contributed by atoms with van der Waals surface area (Å²) in [6.45, 7) is 6.80. The van der Waals surface area contributed by atoms with E-state index < -0.39 is 5.97 Å². The molecule has 0 fully saturated rings. The number of unbranched alkanes of at least 4 members (excludes halogenated alkanes) is 10.